The van der Waals surface area contributed by atoms with Crippen LogP contribution in [0.4, 0.5) is 0 Å². The lowest BCUT2D eigenvalue weighted by Gasteiger charge is -1.99. The summed E-state index contributed by atoms with van der Waals surface area (Å²) in [6.45, 7) is 0.888. The largest absolute Gasteiger partial charge is 0.373 e. The highest BCUT2D eigenvalue weighted by Gasteiger charge is 2.21. The van der Waals surface area contributed by atoms with Gasteiger partial charge < -0.3 is 4.74 Å². The van der Waals surface area contributed by atoms with E-state index in [2.05, 4.69) is 0 Å². The molecule has 0 bridgehead atoms. The molecule has 1 heterocycles. The van der Waals surface area contributed by atoms with E-state index in [0.29, 0.717) is 12.5 Å². The van der Waals surface area contributed by atoms with Crippen LogP contribution in [0.5, 0.6) is 0 Å². The van der Waals surface area contributed by atoms with Gasteiger partial charge in [-0.1, -0.05) is 30.3 Å². The second-order valence-corrected chi connectivity index (χ2v) is 3.64. The van der Waals surface area contributed by atoms with Gasteiger partial charge in [-0.05, 0) is 12.8 Å². The van der Waals surface area contributed by atoms with Crippen molar-refractivity contribution in [1.29, 1.82) is 0 Å². The summed E-state index contributed by atoms with van der Waals surface area (Å²) in [6.07, 6.45) is 3.06. The van der Waals surface area contributed by atoms with E-state index in [1.807, 2.05) is 30.3 Å². The number of ether oxygens (including phenoxy) is 1. The highest BCUT2D eigenvalue weighted by atomic mass is 16.6. The Hall–Kier alpha value is -1.15. The predicted molar refractivity (Wildman–Crippen MR) is 54.4 cm³/mol. The van der Waals surface area contributed by atoms with E-state index in [1.54, 1.807) is 0 Å². The van der Waals surface area contributed by atoms with Gasteiger partial charge in [0.05, 0.1) is 12.7 Å². The molecule has 0 radical (unpaired) electrons. The van der Waals surface area contributed by atoms with E-state index >= 15 is 0 Å². The molecule has 1 aromatic rings. The predicted octanol–water partition coefficient (Wildman–Crippen LogP) is 2.44. The van der Waals surface area contributed by atoms with E-state index in [4.69, 9.17) is 4.74 Å². The first-order valence-corrected chi connectivity index (χ1v) is 5.06. The molecule has 14 heavy (non-hydrogen) atoms. The minimum absolute atomic E-state index is 0.242. The fraction of sp³-hybridized carbons (Fsp3) is 0.417. The Morgan fingerprint density at radius 1 is 1.36 bits per heavy atom. The molecule has 0 saturated carbocycles. The number of carbonyl (C=O) groups excluding carboxylic acids is 1. The van der Waals surface area contributed by atoms with E-state index in [-0.39, 0.29) is 5.78 Å². The first-order valence-electron chi connectivity index (χ1n) is 5.06. The molecule has 0 aromatic heterocycles. The fourth-order valence-corrected chi connectivity index (χ4v) is 1.49. The Morgan fingerprint density at radius 3 is 2.71 bits per heavy atom. The number of ketones is 1. The zero-order valence-electron chi connectivity index (χ0n) is 8.11. The van der Waals surface area contributed by atoms with Crippen LogP contribution in [0.3, 0.4) is 0 Å². The number of carbonyl (C=O) groups is 1. The molecule has 1 aliphatic rings. The molecule has 1 aliphatic heterocycles. The molecule has 1 aromatic carbocycles. The highest BCUT2D eigenvalue weighted by Crippen LogP contribution is 2.17. The SMILES string of the molecule is O=C(CCC[C@H]1CO1)c1ccccc1. The minimum Gasteiger partial charge on any atom is -0.373 e. The van der Waals surface area contributed by atoms with Crippen LogP contribution in [0.1, 0.15) is 29.6 Å². The molecule has 1 atom stereocenters. The molecule has 2 heteroatoms. The van der Waals surface area contributed by atoms with Crippen LogP contribution in [-0.4, -0.2) is 18.5 Å². The van der Waals surface area contributed by atoms with Gasteiger partial charge in [-0.25, -0.2) is 0 Å². The smallest absolute Gasteiger partial charge is 0.162 e. The van der Waals surface area contributed by atoms with Gasteiger partial charge in [-0.3, -0.25) is 4.79 Å². The maximum absolute atomic E-state index is 11.6. The monoisotopic (exact) mass is 190 g/mol. The summed E-state index contributed by atoms with van der Waals surface area (Å²) in [6, 6.07) is 9.47. The van der Waals surface area contributed by atoms with E-state index in [0.717, 1.165) is 25.0 Å². The Bertz CT molecular complexity index is 301. The molecule has 0 spiro atoms. The highest BCUT2D eigenvalue weighted by molar-refractivity contribution is 5.95. The molecule has 1 saturated heterocycles. The average molecular weight is 190 g/mol. The van der Waals surface area contributed by atoms with Gasteiger partial charge in [0.25, 0.3) is 0 Å². The second kappa shape index (κ2) is 4.38. The second-order valence-electron chi connectivity index (χ2n) is 3.64. The number of benzene rings is 1. The zero-order valence-corrected chi connectivity index (χ0v) is 8.11. The van der Waals surface area contributed by atoms with Crippen molar-refractivity contribution in [2.24, 2.45) is 0 Å². The number of Topliss-reactive ketones (excluding diaryl/α,β-unsaturated/α-hetero) is 1. The first-order chi connectivity index (χ1) is 6.86. The number of hydrogen-bond donors (Lipinski definition) is 0. The molecule has 2 rings (SSSR count). The standard InChI is InChI=1S/C12H14O2/c13-12(8-4-7-11-9-14-11)10-5-2-1-3-6-10/h1-3,5-6,11H,4,7-9H2/t11-/m0/s1. The third kappa shape index (κ3) is 2.67. The summed E-state index contributed by atoms with van der Waals surface area (Å²) in [5.41, 5.74) is 0.823. The van der Waals surface area contributed by atoms with Crippen molar-refractivity contribution in [1.82, 2.24) is 0 Å². The van der Waals surface area contributed by atoms with Crippen LogP contribution < -0.4 is 0 Å². The third-order valence-electron chi connectivity index (χ3n) is 2.43. The lowest BCUT2D eigenvalue weighted by atomic mass is 10.1. The van der Waals surface area contributed by atoms with Crippen LogP contribution in [-0.2, 0) is 4.74 Å². The van der Waals surface area contributed by atoms with Crippen molar-refractivity contribution >= 4 is 5.78 Å². The van der Waals surface area contributed by atoms with Crippen molar-refractivity contribution < 1.29 is 9.53 Å². The average Bonchev–Trinajstić information content (AvgIpc) is 3.03. The van der Waals surface area contributed by atoms with Gasteiger partial charge >= 0.3 is 0 Å². The Morgan fingerprint density at radius 2 is 2.07 bits per heavy atom. The van der Waals surface area contributed by atoms with Crippen molar-refractivity contribution in [3.05, 3.63) is 35.9 Å². The molecular weight excluding hydrogens is 176 g/mol. The minimum atomic E-state index is 0.242. The Labute approximate surface area is 83.9 Å². The topological polar surface area (TPSA) is 29.6 Å². The maximum Gasteiger partial charge on any atom is 0.162 e. The fourth-order valence-electron chi connectivity index (χ4n) is 1.49. The van der Waals surface area contributed by atoms with Crippen LogP contribution in [0.15, 0.2) is 30.3 Å². The quantitative estimate of drug-likeness (QED) is 0.527. The zero-order chi connectivity index (χ0) is 9.80. The maximum atomic E-state index is 11.6. The van der Waals surface area contributed by atoms with Crippen molar-refractivity contribution in [3.63, 3.8) is 0 Å². The molecule has 0 N–H and O–H groups in total. The summed E-state index contributed by atoms with van der Waals surface area (Å²) in [5, 5.41) is 0. The number of rotatable bonds is 5. The number of hydrogen-bond acceptors (Lipinski definition) is 2. The molecule has 0 aliphatic carbocycles. The van der Waals surface area contributed by atoms with Crippen LogP contribution >= 0.6 is 0 Å². The van der Waals surface area contributed by atoms with Crippen LogP contribution in [0.25, 0.3) is 0 Å². The van der Waals surface area contributed by atoms with Crippen molar-refractivity contribution in [2.75, 3.05) is 6.61 Å². The molecule has 2 nitrogen and oxygen atoms in total. The van der Waals surface area contributed by atoms with E-state index < -0.39 is 0 Å². The van der Waals surface area contributed by atoms with Gasteiger partial charge in [-0.2, -0.15) is 0 Å². The van der Waals surface area contributed by atoms with E-state index in [9.17, 15) is 4.79 Å². The summed E-state index contributed by atoms with van der Waals surface area (Å²) in [4.78, 5) is 11.6. The molecule has 1 fully saturated rings. The van der Waals surface area contributed by atoms with Crippen LogP contribution in [0.2, 0.25) is 0 Å². The molecule has 74 valence electrons. The van der Waals surface area contributed by atoms with Gasteiger partial charge in [0.15, 0.2) is 5.78 Å². The normalized spacial score (nSPS) is 19.3. The lowest BCUT2D eigenvalue weighted by Crippen LogP contribution is -1.99. The summed E-state index contributed by atoms with van der Waals surface area (Å²) >= 11 is 0. The summed E-state index contributed by atoms with van der Waals surface area (Å²) in [7, 11) is 0. The van der Waals surface area contributed by atoms with E-state index in [1.165, 1.54) is 0 Å². The summed E-state index contributed by atoms with van der Waals surface area (Å²) in [5.74, 6) is 0.242. The van der Waals surface area contributed by atoms with Crippen LogP contribution in [0, 0.1) is 0 Å². The molecule has 0 unspecified atom stereocenters. The third-order valence-corrected chi connectivity index (χ3v) is 2.43. The van der Waals surface area contributed by atoms with Gasteiger partial charge in [0, 0.05) is 12.0 Å². The number of epoxide rings is 1. The van der Waals surface area contributed by atoms with Gasteiger partial charge in [-0.15, -0.1) is 0 Å². The Kier molecular flexibility index (Phi) is 2.94. The Balaban J connectivity index is 1.77. The molecule has 0 amide bonds. The molecular formula is C12H14O2. The summed E-state index contributed by atoms with van der Waals surface area (Å²) < 4.78 is 5.08. The van der Waals surface area contributed by atoms with Gasteiger partial charge in [0.1, 0.15) is 0 Å². The van der Waals surface area contributed by atoms with Crippen molar-refractivity contribution in [3.8, 4) is 0 Å². The van der Waals surface area contributed by atoms with Crippen molar-refractivity contribution in [2.45, 2.75) is 25.4 Å². The first kappa shape index (κ1) is 9.41. The lowest BCUT2D eigenvalue weighted by molar-refractivity contribution is 0.0978. The van der Waals surface area contributed by atoms with Gasteiger partial charge in [0.2, 0.25) is 0 Å².